The van der Waals surface area contributed by atoms with Crippen LogP contribution in [0.5, 0.6) is 0 Å². The van der Waals surface area contributed by atoms with E-state index in [0.29, 0.717) is 17.9 Å². The molecule has 32 heavy (non-hydrogen) atoms. The van der Waals surface area contributed by atoms with Crippen LogP contribution in [0.4, 0.5) is 10.2 Å². The van der Waals surface area contributed by atoms with E-state index in [1.165, 1.54) is 24.5 Å². The summed E-state index contributed by atoms with van der Waals surface area (Å²) in [6, 6.07) is 4.18. The van der Waals surface area contributed by atoms with Crippen molar-refractivity contribution in [2.45, 2.75) is 44.7 Å². The molecule has 1 N–H and O–H groups in total. The fraction of sp³-hybridized carbons (Fsp3) is 0.409. The molecule has 10 heteroatoms. The van der Waals surface area contributed by atoms with Crippen LogP contribution >= 0.6 is 11.6 Å². The van der Waals surface area contributed by atoms with E-state index in [1.807, 2.05) is 6.07 Å². The predicted octanol–water partition coefficient (Wildman–Crippen LogP) is 4.07. The molecule has 0 bridgehead atoms. The first-order valence-electron chi connectivity index (χ1n) is 10.4. The van der Waals surface area contributed by atoms with Gasteiger partial charge in [0.15, 0.2) is 9.84 Å². The van der Waals surface area contributed by atoms with E-state index in [-0.39, 0.29) is 16.8 Å². The van der Waals surface area contributed by atoms with Gasteiger partial charge in [0.25, 0.3) is 5.91 Å². The number of amides is 1. The van der Waals surface area contributed by atoms with Crippen molar-refractivity contribution in [1.82, 2.24) is 15.3 Å². The van der Waals surface area contributed by atoms with Crippen LogP contribution in [0.3, 0.4) is 0 Å². The van der Waals surface area contributed by atoms with Crippen LogP contribution in [0.15, 0.2) is 42.1 Å². The lowest BCUT2D eigenvalue weighted by Crippen LogP contribution is -2.33. The topological polar surface area (TPSA) is 92.3 Å². The Morgan fingerprint density at radius 1 is 1.28 bits per heavy atom. The molecule has 7 nitrogen and oxygen atoms in total. The summed E-state index contributed by atoms with van der Waals surface area (Å²) in [5.74, 6) is -0.334. The molecule has 1 aliphatic rings. The average molecular weight is 481 g/mol. The number of hydrogen-bond acceptors (Lipinski definition) is 6. The molecule has 172 valence electrons. The van der Waals surface area contributed by atoms with E-state index < -0.39 is 27.6 Å². The van der Waals surface area contributed by atoms with Crippen molar-refractivity contribution in [2.75, 3.05) is 17.7 Å². The van der Waals surface area contributed by atoms with E-state index in [2.05, 4.69) is 20.2 Å². The van der Waals surface area contributed by atoms with Gasteiger partial charge in [0, 0.05) is 24.3 Å². The molecular weight excluding hydrogens is 455 g/mol. The zero-order chi connectivity index (χ0) is 23.3. The number of nitrogens with zero attached hydrogens (tertiary/aromatic N) is 3. The highest BCUT2D eigenvalue weighted by molar-refractivity contribution is 7.93. The molecule has 1 saturated heterocycles. The molecule has 2 heterocycles. The number of carbonyl (C=O) groups excluding carboxylic acids is 1. The number of hydrogen-bond donors (Lipinski definition) is 1. The maximum Gasteiger partial charge on any atom is 0.271 e. The lowest BCUT2D eigenvalue weighted by atomic mass is 10.0. The number of aromatic nitrogens is 2. The second-order valence-electron chi connectivity index (χ2n) is 7.88. The third-order valence-electron chi connectivity index (χ3n) is 5.23. The Kier molecular flexibility index (Phi) is 7.84. The second kappa shape index (κ2) is 10.4. The maximum atomic E-state index is 14.1. The first-order chi connectivity index (χ1) is 15.2. The van der Waals surface area contributed by atoms with Crippen LogP contribution < -0.4 is 10.2 Å². The Labute approximate surface area is 192 Å². The molecule has 1 aromatic heterocycles. The van der Waals surface area contributed by atoms with Gasteiger partial charge in [-0.1, -0.05) is 42.7 Å². The molecule has 2 atom stereocenters. The van der Waals surface area contributed by atoms with Gasteiger partial charge in [-0.15, -0.1) is 0 Å². The summed E-state index contributed by atoms with van der Waals surface area (Å²) in [4.78, 5) is 23.2. The minimum atomic E-state index is -3.27. The van der Waals surface area contributed by atoms with E-state index in [4.69, 9.17) is 11.6 Å². The van der Waals surface area contributed by atoms with E-state index in [9.17, 15) is 17.6 Å². The normalized spacial score (nSPS) is 18.4. The van der Waals surface area contributed by atoms with Gasteiger partial charge in [-0.3, -0.25) is 4.79 Å². The van der Waals surface area contributed by atoms with Crippen molar-refractivity contribution in [3.05, 3.63) is 64.2 Å². The van der Waals surface area contributed by atoms with Gasteiger partial charge in [0.2, 0.25) is 0 Å². The molecule has 0 unspecified atom stereocenters. The highest BCUT2D eigenvalue weighted by atomic mass is 35.5. The summed E-state index contributed by atoms with van der Waals surface area (Å²) in [6.45, 7) is 2.37. The minimum Gasteiger partial charge on any atom is -0.348 e. The molecule has 1 aromatic carbocycles. The smallest absolute Gasteiger partial charge is 0.271 e. The summed E-state index contributed by atoms with van der Waals surface area (Å²) >= 11 is 6.27. The SMILES string of the molecule is C[C@H](/C=C/S(C)(=O)=O)NC(=O)c1cnc(N2CCCCC[C@@H]2c2cccc(F)c2Cl)cn1. The standard InChI is InChI=1S/C22H26ClFN4O3S/c1-15(10-12-32(2,30)31)27-22(29)18-13-26-20(14-25-18)28-11-5-3-4-9-19(28)16-7-6-8-17(24)21(16)23/h6-8,10,12-15,19H,3-5,9,11H2,1-2H3,(H,27,29)/b12-10+/t15-,19-/m1/s1. The largest absolute Gasteiger partial charge is 0.348 e. The van der Waals surface area contributed by atoms with Crippen LogP contribution in [0.1, 0.15) is 54.7 Å². The van der Waals surface area contributed by atoms with Gasteiger partial charge >= 0.3 is 0 Å². The number of nitrogens with one attached hydrogen (secondary N) is 1. The lowest BCUT2D eigenvalue weighted by molar-refractivity contribution is 0.0941. The van der Waals surface area contributed by atoms with E-state index in [1.54, 1.807) is 13.0 Å². The van der Waals surface area contributed by atoms with E-state index in [0.717, 1.165) is 37.3 Å². The quantitative estimate of drug-likeness (QED) is 0.670. The van der Waals surface area contributed by atoms with Gasteiger partial charge in [-0.2, -0.15) is 0 Å². The van der Waals surface area contributed by atoms with Gasteiger partial charge in [0.05, 0.1) is 23.5 Å². The van der Waals surface area contributed by atoms with Gasteiger partial charge in [-0.25, -0.2) is 22.8 Å². The van der Waals surface area contributed by atoms with Gasteiger partial charge in [-0.05, 0) is 31.4 Å². The van der Waals surface area contributed by atoms with Crippen molar-refractivity contribution >= 4 is 33.2 Å². The van der Waals surface area contributed by atoms with Crippen molar-refractivity contribution in [2.24, 2.45) is 0 Å². The van der Waals surface area contributed by atoms with Crippen LogP contribution in [-0.4, -0.2) is 43.1 Å². The first kappa shape index (κ1) is 24.1. The minimum absolute atomic E-state index is 0.114. The highest BCUT2D eigenvalue weighted by Gasteiger charge is 2.27. The fourth-order valence-corrected chi connectivity index (χ4v) is 4.43. The van der Waals surface area contributed by atoms with Gasteiger partial charge < -0.3 is 10.2 Å². The molecule has 1 fully saturated rings. The number of halogens is 2. The highest BCUT2D eigenvalue weighted by Crippen LogP contribution is 2.37. The van der Waals surface area contributed by atoms with Crippen LogP contribution in [0.25, 0.3) is 0 Å². The van der Waals surface area contributed by atoms with Crippen LogP contribution in [-0.2, 0) is 9.84 Å². The molecule has 0 spiro atoms. The average Bonchev–Trinajstić information content (AvgIpc) is 3.00. The summed E-state index contributed by atoms with van der Waals surface area (Å²) < 4.78 is 36.5. The molecule has 0 aliphatic carbocycles. The predicted molar refractivity (Wildman–Crippen MR) is 123 cm³/mol. The lowest BCUT2D eigenvalue weighted by Gasteiger charge is -2.31. The second-order valence-corrected chi connectivity index (χ2v) is 10.2. The van der Waals surface area contributed by atoms with Crippen molar-refractivity contribution < 1.29 is 17.6 Å². The Hall–Kier alpha value is -2.52. The zero-order valence-corrected chi connectivity index (χ0v) is 19.5. The summed E-state index contributed by atoms with van der Waals surface area (Å²) in [7, 11) is -3.27. The monoisotopic (exact) mass is 480 g/mol. The summed E-state index contributed by atoms with van der Waals surface area (Å²) in [6.07, 6.45) is 9.17. The Bertz CT molecular complexity index is 1090. The van der Waals surface area contributed by atoms with Crippen molar-refractivity contribution in [3.8, 4) is 0 Å². The Balaban J connectivity index is 1.79. The van der Waals surface area contributed by atoms with Gasteiger partial charge in [0.1, 0.15) is 17.3 Å². The molecule has 1 aliphatic heterocycles. The van der Waals surface area contributed by atoms with Crippen molar-refractivity contribution in [3.63, 3.8) is 0 Å². The summed E-state index contributed by atoms with van der Waals surface area (Å²) in [5.41, 5.74) is 0.826. The molecule has 3 rings (SSSR count). The maximum absolute atomic E-state index is 14.1. The molecule has 0 saturated carbocycles. The molecule has 1 amide bonds. The van der Waals surface area contributed by atoms with E-state index >= 15 is 0 Å². The molecule has 0 radical (unpaired) electrons. The fourth-order valence-electron chi connectivity index (χ4n) is 3.66. The Morgan fingerprint density at radius 2 is 2.06 bits per heavy atom. The number of benzene rings is 1. The number of carbonyl (C=O) groups is 1. The third-order valence-corrected chi connectivity index (χ3v) is 6.28. The van der Waals surface area contributed by atoms with Crippen LogP contribution in [0.2, 0.25) is 5.02 Å². The zero-order valence-electron chi connectivity index (χ0n) is 18.0. The molecular formula is C22H26ClFN4O3S. The Morgan fingerprint density at radius 3 is 2.75 bits per heavy atom. The van der Waals surface area contributed by atoms with Crippen LogP contribution in [0, 0.1) is 5.82 Å². The number of anilines is 1. The van der Waals surface area contributed by atoms with Crippen molar-refractivity contribution in [1.29, 1.82) is 0 Å². The number of sulfone groups is 1. The summed E-state index contributed by atoms with van der Waals surface area (Å²) in [5, 5.41) is 3.82. The third kappa shape index (κ3) is 6.26. The molecule has 2 aromatic rings. The first-order valence-corrected chi connectivity index (χ1v) is 12.7. The number of rotatable bonds is 6.